The van der Waals surface area contributed by atoms with Crippen LogP contribution in [0.1, 0.15) is 46.4 Å². The van der Waals surface area contributed by atoms with Crippen molar-refractivity contribution >= 4 is 18.4 Å². The number of pyridine rings is 1. The molecule has 1 fully saturated rings. The lowest BCUT2D eigenvalue weighted by atomic mass is 9.80. The summed E-state index contributed by atoms with van der Waals surface area (Å²) in [5.74, 6) is 0.753. The quantitative estimate of drug-likeness (QED) is 0.858. The third-order valence-corrected chi connectivity index (χ3v) is 4.60. The molecule has 1 unspecified atom stereocenters. The molecular formula is C16H22BN3O4. The summed E-state index contributed by atoms with van der Waals surface area (Å²) in [4.78, 5) is 8.28. The van der Waals surface area contributed by atoms with E-state index in [2.05, 4.69) is 9.97 Å². The first-order chi connectivity index (χ1) is 11.2. The molecule has 1 aliphatic heterocycles. The Balaban J connectivity index is 1.82. The first-order valence-electron chi connectivity index (χ1n) is 7.85. The van der Waals surface area contributed by atoms with Crippen LogP contribution >= 0.6 is 0 Å². The molecule has 1 aliphatic rings. The summed E-state index contributed by atoms with van der Waals surface area (Å²) in [6.07, 6.45) is 4.22. The molecule has 24 heavy (non-hydrogen) atoms. The minimum atomic E-state index is -0.521. The van der Waals surface area contributed by atoms with Gasteiger partial charge in [0.25, 0.3) is 0 Å². The van der Waals surface area contributed by atoms with Crippen LogP contribution in [0.2, 0.25) is 0 Å². The maximum absolute atomic E-state index is 6.04. The standard InChI is InChI=1S/C16H22BN3O4/c1-10(12-8-21-9-20-12)22-13-6-11(7-19-14(13)18)17-23-15(2,3)16(4,5)24-17/h6-10H,1-5H3,(H2,18,19). The van der Waals surface area contributed by atoms with Crippen molar-refractivity contribution in [2.24, 2.45) is 0 Å². The molecule has 0 bridgehead atoms. The molecule has 7 nitrogen and oxygen atoms in total. The van der Waals surface area contributed by atoms with Gasteiger partial charge in [0, 0.05) is 11.7 Å². The van der Waals surface area contributed by atoms with Crippen molar-refractivity contribution < 1.29 is 18.5 Å². The van der Waals surface area contributed by atoms with Crippen LogP contribution in [0.15, 0.2) is 29.3 Å². The van der Waals surface area contributed by atoms with Crippen molar-refractivity contribution in [2.45, 2.75) is 51.9 Å². The molecule has 2 N–H and O–H groups in total. The fraction of sp³-hybridized carbons (Fsp3) is 0.500. The topological polar surface area (TPSA) is 92.6 Å². The van der Waals surface area contributed by atoms with E-state index in [0.29, 0.717) is 17.3 Å². The van der Waals surface area contributed by atoms with Crippen molar-refractivity contribution in [3.8, 4) is 5.75 Å². The summed E-state index contributed by atoms with van der Waals surface area (Å²) in [5, 5.41) is 0. The van der Waals surface area contributed by atoms with Crippen LogP contribution in [0.4, 0.5) is 5.82 Å². The Morgan fingerprint density at radius 3 is 2.42 bits per heavy atom. The molecule has 2 aromatic rings. The minimum absolute atomic E-state index is 0.297. The van der Waals surface area contributed by atoms with Gasteiger partial charge in [-0.15, -0.1) is 0 Å². The molecule has 3 heterocycles. The van der Waals surface area contributed by atoms with Crippen molar-refractivity contribution in [2.75, 3.05) is 5.73 Å². The average molecular weight is 331 g/mol. The molecule has 128 valence electrons. The lowest BCUT2D eigenvalue weighted by Gasteiger charge is -2.32. The van der Waals surface area contributed by atoms with Gasteiger partial charge in [0.1, 0.15) is 18.1 Å². The Morgan fingerprint density at radius 2 is 1.83 bits per heavy atom. The molecule has 0 spiro atoms. The van der Waals surface area contributed by atoms with Crippen LogP contribution in [-0.2, 0) is 9.31 Å². The normalized spacial score (nSPS) is 20.1. The number of rotatable bonds is 4. The Morgan fingerprint density at radius 1 is 1.17 bits per heavy atom. The van der Waals surface area contributed by atoms with Gasteiger partial charge in [-0.3, -0.25) is 0 Å². The molecule has 8 heteroatoms. The summed E-state index contributed by atoms with van der Waals surface area (Å²) in [6.45, 7) is 9.87. The van der Waals surface area contributed by atoms with E-state index in [4.69, 9.17) is 24.2 Å². The SMILES string of the molecule is CC(Oc1cc(B2OC(C)(C)C(C)(C)O2)cnc1N)c1cocn1. The summed E-state index contributed by atoms with van der Waals surface area (Å²) in [6, 6.07) is 1.79. The Bertz CT molecular complexity index is 702. The smallest absolute Gasteiger partial charge is 0.480 e. The zero-order valence-electron chi connectivity index (χ0n) is 14.6. The molecular weight excluding hydrogens is 309 g/mol. The fourth-order valence-corrected chi connectivity index (χ4v) is 2.35. The van der Waals surface area contributed by atoms with Gasteiger partial charge >= 0.3 is 7.12 Å². The van der Waals surface area contributed by atoms with E-state index in [1.165, 1.54) is 12.7 Å². The lowest BCUT2D eigenvalue weighted by molar-refractivity contribution is 0.00578. The number of ether oxygens (including phenoxy) is 1. The number of nitrogen functional groups attached to an aromatic ring is 1. The number of nitrogens with zero attached hydrogens (tertiary/aromatic N) is 2. The molecule has 0 saturated carbocycles. The summed E-state index contributed by atoms with van der Waals surface area (Å²) in [5.41, 5.74) is 6.52. The van der Waals surface area contributed by atoms with Crippen LogP contribution in [0.5, 0.6) is 5.75 Å². The molecule has 1 saturated heterocycles. The van der Waals surface area contributed by atoms with Crippen LogP contribution < -0.4 is 15.9 Å². The van der Waals surface area contributed by atoms with Crippen molar-refractivity contribution in [3.63, 3.8) is 0 Å². The molecule has 0 aliphatic carbocycles. The van der Waals surface area contributed by atoms with Gasteiger partial charge in [0.15, 0.2) is 18.0 Å². The molecule has 0 aromatic carbocycles. The second-order valence-electron chi connectivity index (χ2n) is 6.91. The van der Waals surface area contributed by atoms with Gasteiger partial charge in [0.2, 0.25) is 0 Å². The monoisotopic (exact) mass is 331 g/mol. The van der Waals surface area contributed by atoms with Crippen LogP contribution in [0.25, 0.3) is 0 Å². The highest BCUT2D eigenvalue weighted by Gasteiger charge is 2.52. The number of anilines is 1. The van der Waals surface area contributed by atoms with E-state index >= 15 is 0 Å². The van der Waals surface area contributed by atoms with Gasteiger partial charge in [-0.2, -0.15) is 0 Å². The maximum Gasteiger partial charge on any atom is 0.496 e. The third kappa shape index (κ3) is 2.99. The molecule has 3 rings (SSSR count). The van der Waals surface area contributed by atoms with Crippen molar-refractivity contribution in [1.29, 1.82) is 0 Å². The van der Waals surface area contributed by atoms with Gasteiger partial charge in [0.05, 0.1) is 11.2 Å². The Kier molecular flexibility index (Phi) is 4.05. The van der Waals surface area contributed by atoms with Gasteiger partial charge < -0.3 is 24.2 Å². The van der Waals surface area contributed by atoms with E-state index in [0.717, 1.165) is 5.46 Å². The Labute approximate surface area is 141 Å². The summed E-state index contributed by atoms with van der Waals surface area (Å²) < 4.78 is 22.9. The van der Waals surface area contributed by atoms with E-state index in [9.17, 15) is 0 Å². The first-order valence-corrected chi connectivity index (χ1v) is 7.85. The molecule has 0 radical (unpaired) electrons. The van der Waals surface area contributed by atoms with E-state index in [-0.39, 0.29) is 6.10 Å². The number of oxazole rings is 1. The van der Waals surface area contributed by atoms with E-state index in [1.807, 2.05) is 34.6 Å². The largest absolute Gasteiger partial charge is 0.496 e. The van der Waals surface area contributed by atoms with Gasteiger partial charge in [-0.1, -0.05) is 0 Å². The van der Waals surface area contributed by atoms with Crippen LogP contribution in [0.3, 0.4) is 0 Å². The highest BCUT2D eigenvalue weighted by atomic mass is 16.7. The number of hydrogen-bond acceptors (Lipinski definition) is 7. The van der Waals surface area contributed by atoms with Gasteiger partial charge in [-0.05, 0) is 40.7 Å². The highest BCUT2D eigenvalue weighted by Crippen LogP contribution is 2.36. The molecule has 1 atom stereocenters. The maximum atomic E-state index is 6.04. The number of nitrogens with two attached hydrogens (primary N) is 1. The third-order valence-electron chi connectivity index (χ3n) is 4.60. The fourth-order valence-electron chi connectivity index (χ4n) is 2.35. The van der Waals surface area contributed by atoms with Gasteiger partial charge in [-0.25, -0.2) is 9.97 Å². The minimum Gasteiger partial charge on any atom is -0.480 e. The lowest BCUT2D eigenvalue weighted by Crippen LogP contribution is -2.41. The van der Waals surface area contributed by atoms with E-state index in [1.54, 1.807) is 12.3 Å². The molecule has 2 aromatic heterocycles. The van der Waals surface area contributed by atoms with E-state index < -0.39 is 18.3 Å². The highest BCUT2D eigenvalue weighted by molar-refractivity contribution is 6.62. The predicted octanol–water partition coefficient (Wildman–Crippen LogP) is 2.09. The van der Waals surface area contributed by atoms with Crippen LogP contribution in [0, 0.1) is 0 Å². The zero-order chi connectivity index (χ0) is 17.5. The number of hydrogen-bond donors (Lipinski definition) is 1. The van der Waals surface area contributed by atoms with Crippen molar-refractivity contribution in [3.05, 3.63) is 30.6 Å². The summed E-state index contributed by atoms with van der Waals surface area (Å²) in [7, 11) is -0.521. The second kappa shape index (κ2) is 5.79. The number of aromatic nitrogens is 2. The predicted molar refractivity (Wildman–Crippen MR) is 89.9 cm³/mol. The molecule has 0 amide bonds. The summed E-state index contributed by atoms with van der Waals surface area (Å²) >= 11 is 0. The average Bonchev–Trinajstić information content (AvgIpc) is 3.08. The Hall–Kier alpha value is -2.06. The van der Waals surface area contributed by atoms with Crippen LogP contribution in [-0.4, -0.2) is 28.3 Å². The van der Waals surface area contributed by atoms with Crippen molar-refractivity contribution in [1.82, 2.24) is 9.97 Å². The first kappa shape index (κ1) is 16.8. The zero-order valence-corrected chi connectivity index (χ0v) is 14.6. The second-order valence-corrected chi connectivity index (χ2v) is 6.91.